The van der Waals surface area contributed by atoms with Crippen LogP contribution >= 0.6 is 11.6 Å². The van der Waals surface area contributed by atoms with Gasteiger partial charge in [0.05, 0.1) is 6.04 Å². The van der Waals surface area contributed by atoms with Crippen molar-refractivity contribution in [3.8, 4) is 0 Å². The van der Waals surface area contributed by atoms with Gasteiger partial charge in [0.15, 0.2) is 0 Å². The molecule has 1 aromatic carbocycles. The third-order valence-electron chi connectivity index (χ3n) is 3.58. The lowest BCUT2D eigenvalue weighted by molar-refractivity contribution is -0.122. The zero-order chi connectivity index (χ0) is 15.2. The van der Waals surface area contributed by atoms with Crippen molar-refractivity contribution in [3.63, 3.8) is 0 Å². The maximum Gasteiger partial charge on any atom is 0.220 e. The van der Waals surface area contributed by atoms with Crippen molar-refractivity contribution in [1.29, 1.82) is 0 Å². The first kappa shape index (κ1) is 17.0. The fourth-order valence-corrected chi connectivity index (χ4v) is 2.34. The summed E-state index contributed by atoms with van der Waals surface area (Å²) in [6.07, 6.45) is 2.31. The highest BCUT2D eigenvalue weighted by Gasteiger charge is 2.19. The predicted molar refractivity (Wildman–Crippen MR) is 84.7 cm³/mol. The molecule has 4 heteroatoms. The van der Waals surface area contributed by atoms with Gasteiger partial charge in [-0.3, -0.25) is 4.79 Å². The smallest absolute Gasteiger partial charge is 0.220 e. The molecule has 0 aliphatic heterocycles. The van der Waals surface area contributed by atoms with Gasteiger partial charge in [-0.2, -0.15) is 0 Å². The Morgan fingerprint density at radius 2 is 2.10 bits per heavy atom. The minimum Gasteiger partial charge on any atom is -0.350 e. The van der Waals surface area contributed by atoms with E-state index in [1.54, 1.807) is 0 Å². The SMILES string of the molecule is CC(NC(=O)CCC(C)(C)CCN)c1cccc(Cl)c1. The summed E-state index contributed by atoms with van der Waals surface area (Å²) in [4.78, 5) is 12.0. The highest BCUT2D eigenvalue weighted by Crippen LogP contribution is 2.26. The Morgan fingerprint density at radius 3 is 2.70 bits per heavy atom. The Morgan fingerprint density at radius 1 is 1.40 bits per heavy atom. The van der Waals surface area contributed by atoms with Crippen LogP contribution < -0.4 is 11.1 Å². The fourth-order valence-electron chi connectivity index (χ4n) is 2.14. The van der Waals surface area contributed by atoms with Crippen molar-refractivity contribution in [2.24, 2.45) is 11.1 Å². The molecule has 0 saturated carbocycles. The zero-order valence-electron chi connectivity index (χ0n) is 12.6. The van der Waals surface area contributed by atoms with Crippen molar-refractivity contribution in [2.45, 2.75) is 46.1 Å². The summed E-state index contributed by atoms with van der Waals surface area (Å²) in [5.41, 5.74) is 6.72. The summed E-state index contributed by atoms with van der Waals surface area (Å²) in [6, 6.07) is 7.54. The number of hydrogen-bond donors (Lipinski definition) is 2. The van der Waals surface area contributed by atoms with Crippen molar-refractivity contribution in [1.82, 2.24) is 5.32 Å². The fraction of sp³-hybridized carbons (Fsp3) is 0.562. The van der Waals surface area contributed by atoms with E-state index < -0.39 is 0 Å². The molecule has 0 heterocycles. The first-order valence-corrected chi connectivity index (χ1v) is 7.47. The number of nitrogens with two attached hydrogens (primary N) is 1. The van der Waals surface area contributed by atoms with Gasteiger partial charge in [-0.05, 0) is 49.4 Å². The van der Waals surface area contributed by atoms with Crippen molar-refractivity contribution >= 4 is 17.5 Å². The number of carbonyl (C=O) groups is 1. The Balaban J connectivity index is 2.46. The van der Waals surface area contributed by atoms with Gasteiger partial charge in [0, 0.05) is 11.4 Å². The molecule has 0 aliphatic rings. The number of amides is 1. The van der Waals surface area contributed by atoms with Crippen LogP contribution in [-0.4, -0.2) is 12.5 Å². The first-order chi connectivity index (χ1) is 9.34. The minimum absolute atomic E-state index is 0.0289. The molecular weight excluding hydrogens is 272 g/mol. The van der Waals surface area contributed by atoms with Gasteiger partial charge in [0.1, 0.15) is 0 Å². The second-order valence-corrected chi connectivity index (χ2v) is 6.48. The lowest BCUT2D eigenvalue weighted by Crippen LogP contribution is -2.28. The summed E-state index contributed by atoms with van der Waals surface area (Å²) in [5.74, 6) is 0.0718. The third kappa shape index (κ3) is 5.93. The first-order valence-electron chi connectivity index (χ1n) is 7.09. The van der Waals surface area contributed by atoms with Gasteiger partial charge in [-0.15, -0.1) is 0 Å². The second kappa shape index (κ2) is 7.65. The van der Waals surface area contributed by atoms with Gasteiger partial charge in [-0.25, -0.2) is 0 Å². The molecule has 112 valence electrons. The average molecular weight is 297 g/mol. The molecule has 0 saturated heterocycles. The van der Waals surface area contributed by atoms with Gasteiger partial charge in [0.2, 0.25) is 5.91 Å². The highest BCUT2D eigenvalue weighted by molar-refractivity contribution is 6.30. The van der Waals surface area contributed by atoms with E-state index in [1.807, 2.05) is 31.2 Å². The number of benzene rings is 1. The monoisotopic (exact) mass is 296 g/mol. The van der Waals surface area contributed by atoms with Crippen LogP contribution in [0.4, 0.5) is 0 Å². The standard InChI is InChI=1S/C16H25ClN2O/c1-12(13-5-4-6-14(17)11-13)19-15(20)7-8-16(2,3)9-10-18/h4-6,11-12H,7-10,18H2,1-3H3,(H,19,20). The maximum absolute atomic E-state index is 12.0. The van der Waals surface area contributed by atoms with Gasteiger partial charge < -0.3 is 11.1 Å². The molecule has 1 aromatic rings. The van der Waals surface area contributed by atoms with Crippen molar-refractivity contribution in [3.05, 3.63) is 34.9 Å². The van der Waals surface area contributed by atoms with E-state index in [9.17, 15) is 4.79 Å². The molecular formula is C16H25ClN2O. The Hall–Kier alpha value is -1.06. The van der Waals surface area contributed by atoms with Crippen LogP contribution in [-0.2, 0) is 4.79 Å². The average Bonchev–Trinajstić information content (AvgIpc) is 2.36. The molecule has 0 fully saturated rings. The molecule has 1 atom stereocenters. The minimum atomic E-state index is -0.0289. The molecule has 3 nitrogen and oxygen atoms in total. The molecule has 20 heavy (non-hydrogen) atoms. The number of hydrogen-bond acceptors (Lipinski definition) is 2. The van der Waals surface area contributed by atoms with E-state index in [-0.39, 0.29) is 17.4 Å². The third-order valence-corrected chi connectivity index (χ3v) is 3.81. The molecule has 0 aliphatic carbocycles. The Labute approximate surface area is 126 Å². The van der Waals surface area contributed by atoms with E-state index in [2.05, 4.69) is 19.2 Å². The lowest BCUT2D eigenvalue weighted by Gasteiger charge is -2.24. The van der Waals surface area contributed by atoms with Crippen LogP contribution in [0.1, 0.15) is 51.6 Å². The van der Waals surface area contributed by atoms with Crippen molar-refractivity contribution < 1.29 is 4.79 Å². The summed E-state index contributed by atoms with van der Waals surface area (Å²) in [6.45, 7) is 6.92. The number of nitrogens with one attached hydrogen (secondary N) is 1. The number of rotatable bonds is 7. The van der Waals surface area contributed by atoms with Crippen LogP contribution in [0.5, 0.6) is 0 Å². The molecule has 0 aromatic heterocycles. The number of halogens is 1. The van der Waals surface area contributed by atoms with Crippen LogP contribution in [0.25, 0.3) is 0 Å². The van der Waals surface area contributed by atoms with Crippen molar-refractivity contribution in [2.75, 3.05) is 6.54 Å². The van der Waals surface area contributed by atoms with Crippen LogP contribution in [0.15, 0.2) is 24.3 Å². The molecule has 0 bridgehead atoms. The molecule has 1 rings (SSSR count). The highest BCUT2D eigenvalue weighted by atomic mass is 35.5. The lowest BCUT2D eigenvalue weighted by atomic mass is 9.84. The Kier molecular flexibility index (Phi) is 6.50. The van der Waals surface area contributed by atoms with E-state index >= 15 is 0 Å². The van der Waals surface area contributed by atoms with Gasteiger partial charge >= 0.3 is 0 Å². The van der Waals surface area contributed by atoms with E-state index in [1.165, 1.54) is 0 Å². The maximum atomic E-state index is 12.0. The summed E-state index contributed by atoms with van der Waals surface area (Å²) < 4.78 is 0. The molecule has 1 amide bonds. The summed E-state index contributed by atoms with van der Waals surface area (Å²) >= 11 is 5.96. The predicted octanol–water partition coefficient (Wildman–Crippen LogP) is 3.67. The quantitative estimate of drug-likeness (QED) is 0.806. The number of carbonyl (C=O) groups excluding carboxylic acids is 1. The molecule has 3 N–H and O–H groups in total. The summed E-state index contributed by atoms with van der Waals surface area (Å²) in [7, 11) is 0. The largest absolute Gasteiger partial charge is 0.350 e. The van der Waals surface area contributed by atoms with Crippen LogP contribution in [0.2, 0.25) is 5.02 Å². The van der Waals surface area contributed by atoms with Gasteiger partial charge in [-0.1, -0.05) is 37.6 Å². The second-order valence-electron chi connectivity index (χ2n) is 6.05. The van der Waals surface area contributed by atoms with Crippen LogP contribution in [0, 0.1) is 5.41 Å². The normalized spacial score (nSPS) is 13.1. The molecule has 1 unspecified atom stereocenters. The van der Waals surface area contributed by atoms with E-state index in [4.69, 9.17) is 17.3 Å². The van der Waals surface area contributed by atoms with Gasteiger partial charge in [0.25, 0.3) is 0 Å². The van der Waals surface area contributed by atoms with Crippen LogP contribution in [0.3, 0.4) is 0 Å². The molecule has 0 radical (unpaired) electrons. The van der Waals surface area contributed by atoms with E-state index in [0.717, 1.165) is 18.4 Å². The van der Waals surface area contributed by atoms with E-state index in [0.29, 0.717) is 18.0 Å². The Bertz CT molecular complexity index is 446. The zero-order valence-corrected chi connectivity index (χ0v) is 13.3. The topological polar surface area (TPSA) is 55.1 Å². The molecule has 0 spiro atoms. The summed E-state index contributed by atoms with van der Waals surface area (Å²) in [5, 5.41) is 3.70.